The number of carbonyl (C=O) groups excluding carboxylic acids is 2. The molecule has 2 aromatic carbocycles. The van der Waals surface area contributed by atoms with Crippen molar-refractivity contribution in [3.05, 3.63) is 59.7 Å². The molecule has 0 atom stereocenters. The molecule has 0 radical (unpaired) electrons. The molecule has 3 N–H and O–H groups in total. The summed E-state index contributed by atoms with van der Waals surface area (Å²) in [4.78, 5) is 29.1. The van der Waals surface area contributed by atoms with Crippen LogP contribution in [0.5, 0.6) is 0 Å². The summed E-state index contributed by atoms with van der Waals surface area (Å²) in [5.41, 5.74) is 3.01. The molecule has 3 rings (SSSR count). The second kappa shape index (κ2) is 9.38. The van der Waals surface area contributed by atoms with Gasteiger partial charge in [-0.1, -0.05) is 53.7 Å². The molecule has 0 aliphatic carbocycles. The molecule has 0 aliphatic heterocycles. The van der Waals surface area contributed by atoms with Gasteiger partial charge in [-0.15, -0.1) is 5.10 Å². The number of para-hydroxylation sites is 1. The van der Waals surface area contributed by atoms with Crippen molar-refractivity contribution >= 4 is 29.3 Å². The highest BCUT2D eigenvalue weighted by molar-refractivity contribution is 7.99. The molecule has 0 saturated heterocycles. The number of hydrogen-bond acceptors (Lipinski definition) is 5. The zero-order chi connectivity index (χ0) is 20.8. The zero-order valence-electron chi connectivity index (χ0n) is 16.5. The fourth-order valence-electron chi connectivity index (χ4n) is 2.60. The maximum absolute atomic E-state index is 12.4. The SMILES string of the molecule is Cc1ccc(-c2nc(SCC(=O)Nc3ccccc3C(=O)NC(C)C)n[nH]2)cc1. The summed E-state index contributed by atoms with van der Waals surface area (Å²) in [5.74, 6) is 0.330. The number of carbonyl (C=O) groups is 2. The van der Waals surface area contributed by atoms with Gasteiger partial charge < -0.3 is 10.6 Å². The van der Waals surface area contributed by atoms with Crippen LogP contribution in [0.1, 0.15) is 29.8 Å². The number of hydrogen-bond donors (Lipinski definition) is 3. The Morgan fingerprint density at radius 3 is 2.55 bits per heavy atom. The number of thioether (sulfide) groups is 1. The van der Waals surface area contributed by atoms with Gasteiger partial charge in [0.2, 0.25) is 11.1 Å². The van der Waals surface area contributed by atoms with Crippen molar-refractivity contribution in [2.24, 2.45) is 0 Å². The van der Waals surface area contributed by atoms with E-state index >= 15 is 0 Å². The fourth-order valence-corrected chi connectivity index (χ4v) is 3.20. The first-order valence-corrected chi connectivity index (χ1v) is 10.2. The summed E-state index contributed by atoms with van der Waals surface area (Å²) < 4.78 is 0. The van der Waals surface area contributed by atoms with Crippen LogP contribution in [0.15, 0.2) is 53.7 Å². The van der Waals surface area contributed by atoms with Gasteiger partial charge in [0.15, 0.2) is 5.82 Å². The third-order valence-corrected chi connectivity index (χ3v) is 4.84. The predicted molar refractivity (Wildman–Crippen MR) is 115 cm³/mol. The molecule has 0 unspecified atom stereocenters. The molecule has 0 aliphatic rings. The van der Waals surface area contributed by atoms with E-state index in [0.717, 1.165) is 5.56 Å². The van der Waals surface area contributed by atoms with Gasteiger partial charge in [0.25, 0.3) is 5.91 Å². The number of aryl methyl sites for hydroxylation is 1. The molecule has 8 heteroatoms. The van der Waals surface area contributed by atoms with E-state index in [1.807, 2.05) is 45.0 Å². The lowest BCUT2D eigenvalue weighted by Crippen LogP contribution is -2.31. The number of nitrogens with zero attached hydrogens (tertiary/aromatic N) is 2. The molecule has 0 saturated carbocycles. The van der Waals surface area contributed by atoms with Crippen LogP contribution in [-0.4, -0.2) is 38.8 Å². The number of nitrogens with one attached hydrogen (secondary N) is 3. The lowest BCUT2D eigenvalue weighted by Gasteiger charge is -2.12. The second-order valence-electron chi connectivity index (χ2n) is 6.84. The molecule has 3 aromatic rings. The van der Waals surface area contributed by atoms with E-state index < -0.39 is 0 Å². The molecule has 0 bridgehead atoms. The molecule has 2 amide bonds. The van der Waals surface area contributed by atoms with E-state index in [-0.39, 0.29) is 23.6 Å². The first kappa shape index (κ1) is 20.6. The smallest absolute Gasteiger partial charge is 0.253 e. The van der Waals surface area contributed by atoms with E-state index in [1.54, 1.807) is 24.3 Å². The van der Waals surface area contributed by atoms with Gasteiger partial charge >= 0.3 is 0 Å². The monoisotopic (exact) mass is 409 g/mol. The maximum atomic E-state index is 12.4. The number of anilines is 1. The van der Waals surface area contributed by atoms with Crippen LogP contribution in [-0.2, 0) is 4.79 Å². The Labute approximate surface area is 173 Å². The predicted octanol–water partition coefficient (Wildman–Crippen LogP) is 3.65. The van der Waals surface area contributed by atoms with Crippen LogP contribution in [0.2, 0.25) is 0 Å². The highest BCUT2D eigenvalue weighted by Crippen LogP contribution is 2.20. The van der Waals surface area contributed by atoms with E-state index in [9.17, 15) is 9.59 Å². The Hall–Kier alpha value is -3.13. The first-order valence-electron chi connectivity index (χ1n) is 9.24. The quantitative estimate of drug-likeness (QED) is 0.517. The average Bonchev–Trinajstić information content (AvgIpc) is 3.16. The highest BCUT2D eigenvalue weighted by atomic mass is 32.2. The number of aromatic nitrogens is 3. The summed E-state index contributed by atoms with van der Waals surface area (Å²) in [6.07, 6.45) is 0. The normalized spacial score (nSPS) is 10.8. The number of aromatic amines is 1. The highest BCUT2D eigenvalue weighted by Gasteiger charge is 2.15. The summed E-state index contributed by atoms with van der Waals surface area (Å²) in [5, 5.41) is 13.2. The molecular weight excluding hydrogens is 386 g/mol. The number of benzene rings is 2. The van der Waals surface area contributed by atoms with E-state index in [0.29, 0.717) is 22.2 Å². The van der Waals surface area contributed by atoms with E-state index in [4.69, 9.17) is 0 Å². The van der Waals surface area contributed by atoms with Crippen molar-refractivity contribution in [3.8, 4) is 11.4 Å². The standard InChI is InChI=1S/C21H23N5O2S/c1-13(2)22-20(28)16-6-4-5-7-17(16)23-18(27)12-29-21-24-19(25-26-21)15-10-8-14(3)9-11-15/h4-11,13H,12H2,1-3H3,(H,22,28)(H,23,27)(H,24,25,26). The summed E-state index contributed by atoms with van der Waals surface area (Å²) in [6, 6.07) is 14.9. The van der Waals surface area contributed by atoms with Crippen molar-refractivity contribution in [1.82, 2.24) is 20.5 Å². The third kappa shape index (κ3) is 5.68. The van der Waals surface area contributed by atoms with Crippen LogP contribution < -0.4 is 10.6 Å². The van der Waals surface area contributed by atoms with Gasteiger partial charge in [0, 0.05) is 11.6 Å². The lowest BCUT2D eigenvalue weighted by atomic mass is 10.1. The number of rotatable bonds is 7. The van der Waals surface area contributed by atoms with Crippen molar-refractivity contribution in [1.29, 1.82) is 0 Å². The van der Waals surface area contributed by atoms with Gasteiger partial charge in [-0.25, -0.2) is 4.98 Å². The largest absolute Gasteiger partial charge is 0.350 e. The van der Waals surface area contributed by atoms with Crippen LogP contribution in [0.25, 0.3) is 11.4 Å². The second-order valence-corrected chi connectivity index (χ2v) is 7.79. The van der Waals surface area contributed by atoms with E-state index in [1.165, 1.54) is 17.3 Å². The Morgan fingerprint density at radius 1 is 1.10 bits per heavy atom. The number of H-pyrrole nitrogens is 1. The van der Waals surface area contributed by atoms with Gasteiger partial charge in [-0.05, 0) is 32.9 Å². The van der Waals surface area contributed by atoms with Gasteiger partial charge in [-0.2, -0.15) is 0 Å². The minimum Gasteiger partial charge on any atom is -0.350 e. The molecule has 0 spiro atoms. The lowest BCUT2D eigenvalue weighted by molar-refractivity contribution is -0.113. The zero-order valence-corrected chi connectivity index (χ0v) is 17.3. The van der Waals surface area contributed by atoms with Crippen LogP contribution >= 0.6 is 11.8 Å². The van der Waals surface area contributed by atoms with Gasteiger partial charge in [0.05, 0.1) is 17.0 Å². The molecule has 150 valence electrons. The molecule has 0 fully saturated rings. The minimum absolute atomic E-state index is 0.00952. The van der Waals surface area contributed by atoms with Crippen molar-refractivity contribution < 1.29 is 9.59 Å². The van der Waals surface area contributed by atoms with E-state index in [2.05, 4.69) is 25.8 Å². The maximum Gasteiger partial charge on any atom is 0.253 e. The molecule has 29 heavy (non-hydrogen) atoms. The van der Waals surface area contributed by atoms with Crippen LogP contribution in [0.3, 0.4) is 0 Å². The Balaban J connectivity index is 1.60. The van der Waals surface area contributed by atoms with Crippen molar-refractivity contribution in [2.45, 2.75) is 32.0 Å². The van der Waals surface area contributed by atoms with Crippen LogP contribution in [0, 0.1) is 6.92 Å². The summed E-state index contributed by atoms with van der Waals surface area (Å²) in [6.45, 7) is 5.80. The minimum atomic E-state index is -0.235. The molecule has 7 nitrogen and oxygen atoms in total. The average molecular weight is 410 g/mol. The third-order valence-electron chi connectivity index (χ3n) is 3.99. The number of amides is 2. The van der Waals surface area contributed by atoms with Crippen molar-refractivity contribution in [2.75, 3.05) is 11.1 Å². The topological polar surface area (TPSA) is 99.8 Å². The van der Waals surface area contributed by atoms with Crippen LogP contribution in [0.4, 0.5) is 5.69 Å². The first-order chi connectivity index (χ1) is 13.9. The molecule has 1 aromatic heterocycles. The van der Waals surface area contributed by atoms with Gasteiger partial charge in [-0.3, -0.25) is 14.7 Å². The molecule has 1 heterocycles. The summed E-state index contributed by atoms with van der Waals surface area (Å²) >= 11 is 1.23. The van der Waals surface area contributed by atoms with Gasteiger partial charge in [0.1, 0.15) is 0 Å². The summed E-state index contributed by atoms with van der Waals surface area (Å²) in [7, 11) is 0. The fraction of sp³-hybridized carbons (Fsp3) is 0.238. The Bertz CT molecular complexity index is 998. The molecular formula is C21H23N5O2S. The van der Waals surface area contributed by atoms with Crippen molar-refractivity contribution in [3.63, 3.8) is 0 Å². The Morgan fingerprint density at radius 2 is 1.83 bits per heavy atom. The Kier molecular flexibility index (Phi) is 6.66.